The number of benzene rings is 2. The molecule has 1 fully saturated rings. The zero-order valence-electron chi connectivity index (χ0n) is 17.2. The highest BCUT2D eigenvalue weighted by Crippen LogP contribution is 2.21. The molecule has 1 N–H and O–H groups in total. The first-order valence-electron chi connectivity index (χ1n) is 9.82. The zero-order valence-corrected chi connectivity index (χ0v) is 18.0. The second-order valence-electron chi connectivity index (χ2n) is 6.91. The minimum atomic E-state index is -3.62. The van der Waals surface area contributed by atoms with Gasteiger partial charge in [0.05, 0.1) is 24.7 Å². The van der Waals surface area contributed by atoms with Crippen LogP contribution in [0.1, 0.15) is 12.5 Å². The SMILES string of the molecule is CCOc1ccc(CN(C)C(=O)Nc2cccc(S(=O)(=O)N3CCOCC3)c2)cc1. The molecule has 9 heteroatoms. The highest BCUT2D eigenvalue weighted by atomic mass is 32.2. The van der Waals surface area contributed by atoms with Gasteiger partial charge < -0.3 is 19.7 Å². The van der Waals surface area contributed by atoms with Gasteiger partial charge in [0, 0.05) is 32.4 Å². The highest BCUT2D eigenvalue weighted by molar-refractivity contribution is 7.89. The van der Waals surface area contributed by atoms with Crippen LogP contribution in [0.3, 0.4) is 0 Å². The summed E-state index contributed by atoms with van der Waals surface area (Å²) in [7, 11) is -1.94. The number of urea groups is 1. The van der Waals surface area contributed by atoms with E-state index in [2.05, 4.69) is 5.32 Å². The topological polar surface area (TPSA) is 88.2 Å². The van der Waals surface area contributed by atoms with E-state index in [9.17, 15) is 13.2 Å². The summed E-state index contributed by atoms with van der Waals surface area (Å²) in [5.41, 5.74) is 1.38. The molecule has 0 radical (unpaired) electrons. The van der Waals surface area contributed by atoms with Gasteiger partial charge in [0.2, 0.25) is 10.0 Å². The molecule has 2 aromatic rings. The molecule has 1 saturated heterocycles. The highest BCUT2D eigenvalue weighted by Gasteiger charge is 2.26. The number of ether oxygens (including phenoxy) is 2. The number of anilines is 1. The van der Waals surface area contributed by atoms with Crippen LogP contribution in [-0.4, -0.2) is 63.6 Å². The van der Waals surface area contributed by atoms with Crippen LogP contribution < -0.4 is 10.1 Å². The maximum Gasteiger partial charge on any atom is 0.321 e. The van der Waals surface area contributed by atoms with Crippen molar-refractivity contribution in [2.24, 2.45) is 0 Å². The van der Waals surface area contributed by atoms with Crippen molar-refractivity contribution in [3.05, 3.63) is 54.1 Å². The summed E-state index contributed by atoms with van der Waals surface area (Å²) in [6, 6.07) is 13.5. The van der Waals surface area contributed by atoms with Gasteiger partial charge in [0.15, 0.2) is 0 Å². The lowest BCUT2D eigenvalue weighted by atomic mass is 10.2. The fraction of sp³-hybridized carbons (Fsp3) is 0.381. The van der Waals surface area contributed by atoms with Crippen LogP contribution in [-0.2, 0) is 21.3 Å². The second kappa shape index (κ2) is 9.92. The minimum Gasteiger partial charge on any atom is -0.494 e. The van der Waals surface area contributed by atoms with Crippen LogP contribution in [0.15, 0.2) is 53.4 Å². The Morgan fingerprint density at radius 1 is 1.17 bits per heavy atom. The number of morpholine rings is 1. The van der Waals surface area contributed by atoms with Gasteiger partial charge in [-0.2, -0.15) is 4.31 Å². The average molecular weight is 434 g/mol. The molecular weight excluding hydrogens is 406 g/mol. The van der Waals surface area contributed by atoms with Crippen molar-refractivity contribution in [2.75, 3.05) is 45.3 Å². The molecule has 1 heterocycles. The van der Waals surface area contributed by atoms with E-state index in [0.29, 0.717) is 45.1 Å². The number of hydrogen-bond acceptors (Lipinski definition) is 5. The van der Waals surface area contributed by atoms with E-state index in [4.69, 9.17) is 9.47 Å². The van der Waals surface area contributed by atoms with E-state index in [1.807, 2.05) is 31.2 Å². The Hall–Kier alpha value is -2.62. The fourth-order valence-electron chi connectivity index (χ4n) is 3.09. The van der Waals surface area contributed by atoms with Crippen molar-refractivity contribution in [3.63, 3.8) is 0 Å². The van der Waals surface area contributed by atoms with Crippen molar-refractivity contribution in [2.45, 2.75) is 18.4 Å². The molecule has 0 spiro atoms. The number of amides is 2. The molecular formula is C21H27N3O5S. The van der Waals surface area contributed by atoms with Gasteiger partial charge in [-0.3, -0.25) is 0 Å². The molecule has 0 aliphatic carbocycles. The second-order valence-corrected chi connectivity index (χ2v) is 8.85. The number of carbonyl (C=O) groups is 1. The number of nitrogens with one attached hydrogen (secondary N) is 1. The fourth-order valence-corrected chi connectivity index (χ4v) is 4.55. The maximum absolute atomic E-state index is 12.8. The van der Waals surface area contributed by atoms with E-state index < -0.39 is 10.0 Å². The molecule has 0 unspecified atom stereocenters. The van der Waals surface area contributed by atoms with Gasteiger partial charge >= 0.3 is 6.03 Å². The Kier molecular flexibility index (Phi) is 7.30. The molecule has 0 aromatic heterocycles. The number of hydrogen-bond donors (Lipinski definition) is 1. The van der Waals surface area contributed by atoms with Crippen LogP contribution in [0.25, 0.3) is 0 Å². The molecule has 162 valence electrons. The first-order valence-corrected chi connectivity index (χ1v) is 11.3. The van der Waals surface area contributed by atoms with E-state index in [1.54, 1.807) is 19.2 Å². The van der Waals surface area contributed by atoms with Crippen LogP contribution in [0.4, 0.5) is 10.5 Å². The molecule has 0 saturated carbocycles. The molecule has 3 rings (SSSR count). The first-order chi connectivity index (χ1) is 14.4. The Labute approximate surface area is 177 Å². The molecule has 2 amide bonds. The van der Waals surface area contributed by atoms with Gasteiger partial charge in [-0.15, -0.1) is 0 Å². The Morgan fingerprint density at radius 2 is 1.87 bits per heavy atom. The van der Waals surface area contributed by atoms with Crippen molar-refractivity contribution in [1.82, 2.24) is 9.21 Å². The summed E-state index contributed by atoms with van der Waals surface area (Å²) < 4.78 is 37.7. The van der Waals surface area contributed by atoms with Crippen molar-refractivity contribution >= 4 is 21.7 Å². The minimum absolute atomic E-state index is 0.149. The number of sulfonamides is 1. The summed E-state index contributed by atoms with van der Waals surface area (Å²) in [5.74, 6) is 0.784. The standard InChI is InChI=1S/C21H27N3O5S/c1-3-29-19-9-7-17(8-10-19)16-23(2)21(25)22-18-5-4-6-20(15-18)30(26,27)24-11-13-28-14-12-24/h4-10,15H,3,11-14,16H2,1-2H3,(H,22,25). The van der Waals surface area contributed by atoms with E-state index >= 15 is 0 Å². The predicted octanol–water partition coefficient (Wildman–Crippen LogP) is 2.77. The van der Waals surface area contributed by atoms with Crippen LogP contribution >= 0.6 is 0 Å². The predicted molar refractivity (Wildman–Crippen MR) is 114 cm³/mol. The lowest BCUT2D eigenvalue weighted by molar-refractivity contribution is 0.0730. The Balaban J connectivity index is 1.64. The van der Waals surface area contributed by atoms with Crippen molar-refractivity contribution in [1.29, 1.82) is 0 Å². The van der Waals surface area contributed by atoms with Gasteiger partial charge in [-0.1, -0.05) is 18.2 Å². The molecule has 0 atom stereocenters. The molecule has 30 heavy (non-hydrogen) atoms. The number of rotatable bonds is 7. The van der Waals surface area contributed by atoms with Gasteiger partial charge in [0.1, 0.15) is 5.75 Å². The molecule has 1 aliphatic rings. The average Bonchev–Trinajstić information content (AvgIpc) is 2.76. The number of nitrogens with zero attached hydrogens (tertiary/aromatic N) is 2. The summed E-state index contributed by atoms with van der Waals surface area (Å²) in [6.07, 6.45) is 0. The van der Waals surface area contributed by atoms with E-state index in [-0.39, 0.29) is 10.9 Å². The first kappa shape index (κ1) is 22.1. The smallest absolute Gasteiger partial charge is 0.321 e. The molecule has 0 bridgehead atoms. The third kappa shape index (κ3) is 5.50. The van der Waals surface area contributed by atoms with E-state index in [0.717, 1.165) is 11.3 Å². The van der Waals surface area contributed by atoms with Crippen molar-refractivity contribution < 1.29 is 22.7 Å². The quantitative estimate of drug-likeness (QED) is 0.725. The van der Waals surface area contributed by atoms with Gasteiger partial charge in [0.25, 0.3) is 0 Å². The normalized spacial score (nSPS) is 14.9. The number of carbonyl (C=O) groups excluding carboxylic acids is 1. The summed E-state index contributed by atoms with van der Waals surface area (Å²) >= 11 is 0. The Morgan fingerprint density at radius 3 is 2.53 bits per heavy atom. The summed E-state index contributed by atoms with van der Waals surface area (Å²) in [6.45, 7) is 4.34. The molecule has 1 aliphatic heterocycles. The monoisotopic (exact) mass is 433 g/mol. The summed E-state index contributed by atoms with van der Waals surface area (Å²) in [4.78, 5) is 14.2. The van der Waals surface area contributed by atoms with Crippen molar-refractivity contribution in [3.8, 4) is 5.75 Å². The summed E-state index contributed by atoms with van der Waals surface area (Å²) in [5, 5.41) is 2.76. The van der Waals surface area contributed by atoms with Crippen LogP contribution in [0.2, 0.25) is 0 Å². The maximum atomic E-state index is 12.8. The third-order valence-corrected chi connectivity index (χ3v) is 6.59. The third-order valence-electron chi connectivity index (χ3n) is 4.69. The largest absolute Gasteiger partial charge is 0.494 e. The van der Waals surface area contributed by atoms with Crippen LogP contribution in [0, 0.1) is 0 Å². The lowest BCUT2D eigenvalue weighted by Gasteiger charge is -2.26. The van der Waals surface area contributed by atoms with E-state index in [1.165, 1.54) is 21.3 Å². The van der Waals surface area contributed by atoms with Gasteiger partial charge in [-0.25, -0.2) is 13.2 Å². The Bertz CT molecular complexity index is 957. The van der Waals surface area contributed by atoms with Gasteiger partial charge in [-0.05, 0) is 42.8 Å². The lowest BCUT2D eigenvalue weighted by Crippen LogP contribution is -2.40. The molecule has 2 aromatic carbocycles. The zero-order chi connectivity index (χ0) is 21.6. The molecule has 8 nitrogen and oxygen atoms in total. The van der Waals surface area contributed by atoms with Crippen LogP contribution in [0.5, 0.6) is 5.75 Å².